The Bertz CT molecular complexity index is 2270. The second-order valence-corrected chi connectivity index (χ2v) is 29.7. The van der Waals surface area contributed by atoms with Gasteiger partial charge in [0.25, 0.3) is 0 Å². The van der Waals surface area contributed by atoms with E-state index in [0.717, 1.165) is 135 Å². The molecule has 16 nitrogen and oxygen atoms in total. The summed E-state index contributed by atoms with van der Waals surface area (Å²) < 4.78 is 61.0. The molecule has 0 aromatic carbocycles. The molecule has 0 aromatic rings. The molecule has 0 fully saturated rings. The molecule has 0 rings (SSSR count). The van der Waals surface area contributed by atoms with Crippen LogP contribution in [0.25, 0.3) is 0 Å². The quantitative estimate of drug-likeness (QED) is 0.0146. The van der Waals surface area contributed by atoms with Crippen molar-refractivity contribution in [3.8, 4) is 0 Å². The van der Waals surface area contributed by atoms with Crippen molar-refractivity contribution >= 4 is 33.6 Å². The van der Waals surface area contributed by atoms with E-state index in [1.807, 2.05) is 0 Å². The second-order valence-electron chi connectivity index (χ2n) is 26.8. The van der Waals surface area contributed by atoms with Gasteiger partial charge in [0.1, 0.15) is 25.4 Å². The molecule has 0 amide bonds. The van der Waals surface area contributed by atoms with Crippen LogP contribution in [0.5, 0.6) is 0 Å². The van der Waals surface area contributed by atoms with Gasteiger partial charge in [0.2, 0.25) is 0 Å². The van der Waals surface area contributed by atoms with Gasteiger partial charge in [0.15, 0.2) is 6.10 Å². The topological polar surface area (TPSA) is 231 Å². The summed E-state index contributed by atoms with van der Waals surface area (Å²) in [4.78, 5) is 58.5. The lowest BCUT2D eigenvalue weighted by atomic mass is 10.0. The van der Waals surface area contributed by atoms with Crippen LogP contribution in [0.2, 0.25) is 0 Å². The Balaban J connectivity index is 4.35. The fraction of sp³-hybridized carbons (Fsp3) is 0.747. The van der Waals surface area contributed by atoms with Gasteiger partial charge in [-0.1, -0.05) is 304 Å². The highest BCUT2D eigenvalue weighted by atomic mass is 31.2. The number of esters is 3. The maximum absolute atomic E-state index is 12.9. The zero-order valence-corrected chi connectivity index (χ0v) is 65.6. The molecule has 584 valence electrons. The van der Waals surface area contributed by atoms with Gasteiger partial charge >= 0.3 is 33.6 Å². The summed E-state index contributed by atoms with van der Waals surface area (Å²) in [7, 11) is -9.79. The minimum Gasteiger partial charge on any atom is -0.463 e. The standard InChI is InChI=1S/C83H146O16P2/c1-4-7-10-13-16-19-22-25-28-29-30-31-32-33-34-35-36-37-38-39-40-41-42-43-44-45-46-47-50-52-54-57-60-63-66-69-81(86)93-72-78(84)73-95-100(89,90)96-74-79(85)75-97-101(91,92)98-77-80(99-83(88)71-68-65-62-59-56-53-49-27-24-21-18-15-12-9-6-3)76-94-82(87)70-67-64-61-58-55-51-48-26-23-20-17-14-11-8-5-2/h8,11,16-21,25-28,30-31,33-34,48-49,78-80,84-85H,4-7,9-10,12-15,22-24,29,32,35-47,50-77H2,1-3H3,(H,89,90)(H,91,92)/b11-8-,19-16-,20-17-,21-18-,28-25-,31-30-,34-33-,48-26-,49-27-. The first-order chi connectivity index (χ1) is 49.2. The number of allylic oxidation sites excluding steroid dienone is 18. The average Bonchev–Trinajstić information content (AvgIpc) is 0.942. The first kappa shape index (κ1) is 97.2. The minimum atomic E-state index is -4.93. The number of phosphoric ester groups is 2. The lowest BCUT2D eigenvalue weighted by Crippen LogP contribution is -2.30. The fourth-order valence-electron chi connectivity index (χ4n) is 10.8. The maximum Gasteiger partial charge on any atom is 0.472 e. The monoisotopic (exact) mass is 1460 g/mol. The zero-order chi connectivity index (χ0) is 73.7. The Hall–Kier alpha value is -3.79. The van der Waals surface area contributed by atoms with E-state index in [1.165, 1.54) is 148 Å². The summed E-state index contributed by atoms with van der Waals surface area (Å²) in [5.74, 6) is -1.60. The number of unbranched alkanes of at least 4 members (excludes halogenated alkanes) is 35. The number of carbonyl (C=O) groups is 3. The van der Waals surface area contributed by atoms with Crippen molar-refractivity contribution in [2.45, 2.75) is 360 Å². The Morgan fingerprint density at radius 2 is 0.525 bits per heavy atom. The van der Waals surface area contributed by atoms with E-state index in [0.29, 0.717) is 19.3 Å². The smallest absolute Gasteiger partial charge is 0.463 e. The van der Waals surface area contributed by atoms with Crippen LogP contribution in [0.1, 0.15) is 342 Å². The Labute approximate surface area is 615 Å². The second kappa shape index (κ2) is 75.9. The van der Waals surface area contributed by atoms with Crippen LogP contribution in [0, 0.1) is 0 Å². The first-order valence-electron chi connectivity index (χ1n) is 40.2. The molecule has 0 aliphatic rings. The average molecular weight is 1460 g/mol. The molecule has 0 spiro atoms. The van der Waals surface area contributed by atoms with Crippen molar-refractivity contribution in [2.24, 2.45) is 0 Å². The molecule has 0 aliphatic heterocycles. The lowest BCUT2D eigenvalue weighted by Gasteiger charge is -2.21. The zero-order valence-electron chi connectivity index (χ0n) is 63.8. The van der Waals surface area contributed by atoms with Gasteiger partial charge in [0, 0.05) is 19.3 Å². The third-order valence-corrected chi connectivity index (χ3v) is 18.9. The van der Waals surface area contributed by atoms with Crippen LogP contribution < -0.4 is 0 Å². The summed E-state index contributed by atoms with van der Waals surface area (Å²) in [5, 5.41) is 20.6. The molecule has 18 heteroatoms. The summed E-state index contributed by atoms with van der Waals surface area (Å²) >= 11 is 0. The van der Waals surface area contributed by atoms with Gasteiger partial charge in [-0.25, -0.2) is 9.13 Å². The number of hydrogen-bond acceptors (Lipinski definition) is 14. The molecular formula is C83H146O16P2. The predicted octanol–water partition coefficient (Wildman–Crippen LogP) is 23.5. The van der Waals surface area contributed by atoms with Crippen molar-refractivity contribution in [1.29, 1.82) is 0 Å². The highest BCUT2D eigenvalue weighted by Gasteiger charge is 2.29. The van der Waals surface area contributed by atoms with Crippen LogP contribution in [-0.4, -0.2) is 95.9 Å². The van der Waals surface area contributed by atoms with E-state index < -0.39 is 91.5 Å². The molecule has 4 N–H and O–H groups in total. The van der Waals surface area contributed by atoms with Gasteiger partial charge < -0.3 is 34.2 Å². The Kier molecular flexibility index (Phi) is 73.0. The molecule has 0 radical (unpaired) electrons. The molecular weight excluding hydrogens is 1310 g/mol. The highest BCUT2D eigenvalue weighted by Crippen LogP contribution is 2.45. The fourth-order valence-corrected chi connectivity index (χ4v) is 12.4. The van der Waals surface area contributed by atoms with Crippen molar-refractivity contribution in [2.75, 3.05) is 39.6 Å². The Morgan fingerprint density at radius 1 is 0.287 bits per heavy atom. The SMILES string of the molecule is CC/C=C\C/C=C\C/C=C\CCCCCCCC(=O)OCC(COP(=O)(O)OCC(O)COP(=O)(O)OCC(O)COC(=O)CCCCCCCCCCCCCCCCCCCCC/C=C\C/C=C\C/C=C\C/C=C\CCCCC)OC(=O)CCCCCCC/C=C\C/C=C\CCCCC. The molecule has 0 aliphatic carbocycles. The summed E-state index contributed by atoms with van der Waals surface area (Å²) in [5.41, 5.74) is 0. The number of ether oxygens (including phenoxy) is 3. The molecule has 0 saturated heterocycles. The van der Waals surface area contributed by atoms with Gasteiger partial charge in [-0.2, -0.15) is 0 Å². The number of carbonyl (C=O) groups excluding carboxylic acids is 3. The molecule has 0 bridgehead atoms. The van der Waals surface area contributed by atoms with Crippen molar-refractivity contribution in [3.63, 3.8) is 0 Å². The molecule has 5 atom stereocenters. The van der Waals surface area contributed by atoms with Crippen molar-refractivity contribution in [1.82, 2.24) is 0 Å². The molecule has 5 unspecified atom stereocenters. The molecule has 0 aromatic heterocycles. The third kappa shape index (κ3) is 77.1. The predicted molar refractivity (Wildman–Crippen MR) is 417 cm³/mol. The lowest BCUT2D eigenvalue weighted by molar-refractivity contribution is -0.161. The van der Waals surface area contributed by atoms with E-state index in [9.17, 15) is 43.5 Å². The number of phosphoric acid groups is 2. The van der Waals surface area contributed by atoms with Crippen LogP contribution in [-0.2, 0) is 55.8 Å². The van der Waals surface area contributed by atoms with Crippen LogP contribution in [0.15, 0.2) is 109 Å². The highest BCUT2D eigenvalue weighted by molar-refractivity contribution is 7.47. The van der Waals surface area contributed by atoms with Gasteiger partial charge in [0.05, 0.1) is 26.4 Å². The van der Waals surface area contributed by atoms with Gasteiger partial charge in [-0.3, -0.25) is 32.5 Å². The number of hydrogen-bond donors (Lipinski definition) is 4. The van der Waals surface area contributed by atoms with Crippen molar-refractivity contribution in [3.05, 3.63) is 109 Å². The van der Waals surface area contributed by atoms with E-state index >= 15 is 0 Å². The van der Waals surface area contributed by atoms with Crippen molar-refractivity contribution < 1.29 is 75.8 Å². The molecule has 0 heterocycles. The van der Waals surface area contributed by atoms with Crippen LogP contribution >= 0.6 is 15.6 Å². The van der Waals surface area contributed by atoms with Gasteiger partial charge in [-0.05, 0) is 128 Å². The largest absolute Gasteiger partial charge is 0.472 e. The number of rotatable bonds is 76. The third-order valence-electron chi connectivity index (χ3n) is 17.0. The summed E-state index contributed by atoms with van der Waals surface area (Å²) in [6, 6.07) is 0. The number of aliphatic hydroxyl groups excluding tert-OH is 2. The van der Waals surface area contributed by atoms with E-state index in [2.05, 4.69) is 130 Å². The maximum atomic E-state index is 12.9. The normalized spacial score (nSPS) is 14.6. The van der Waals surface area contributed by atoms with Crippen LogP contribution in [0.4, 0.5) is 0 Å². The van der Waals surface area contributed by atoms with Crippen LogP contribution in [0.3, 0.4) is 0 Å². The van der Waals surface area contributed by atoms with E-state index in [4.69, 9.17) is 32.3 Å². The molecule has 101 heavy (non-hydrogen) atoms. The minimum absolute atomic E-state index is 0.0843. The molecule has 0 saturated carbocycles. The summed E-state index contributed by atoms with van der Waals surface area (Å²) in [6.07, 6.45) is 88.8. The van der Waals surface area contributed by atoms with Gasteiger partial charge in [-0.15, -0.1) is 0 Å². The number of aliphatic hydroxyl groups is 2. The van der Waals surface area contributed by atoms with E-state index in [1.54, 1.807) is 0 Å². The first-order valence-corrected chi connectivity index (χ1v) is 43.2. The Morgan fingerprint density at radius 3 is 0.832 bits per heavy atom. The van der Waals surface area contributed by atoms with E-state index in [-0.39, 0.29) is 19.3 Å². The summed E-state index contributed by atoms with van der Waals surface area (Å²) in [6.45, 7) is 2.50.